The third-order valence-corrected chi connectivity index (χ3v) is 8.09. The van der Waals surface area contributed by atoms with Crippen molar-refractivity contribution in [3.05, 3.63) is 58.3 Å². The lowest BCUT2D eigenvalue weighted by molar-refractivity contribution is 0.441. The summed E-state index contributed by atoms with van der Waals surface area (Å²) in [7, 11) is 0. The molecule has 0 spiro atoms. The molecule has 0 fully saturated rings. The zero-order chi connectivity index (χ0) is 26.6. The number of hydrogen-bond acceptors (Lipinski definition) is 3. The Morgan fingerprint density at radius 2 is 1.75 bits per heavy atom. The second-order valence-electron chi connectivity index (χ2n) is 9.93. The summed E-state index contributed by atoms with van der Waals surface area (Å²) >= 11 is 5.87. The van der Waals surface area contributed by atoms with E-state index in [-0.39, 0.29) is 23.3 Å². The number of aromatic hydroxyl groups is 2. The van der Waals surface area contributed by atoms with Crippen molar-refractivity contribution in [1.29, 1.82) is 0 Å². The van der Waals surface area contributed by atoms with Crippen LogP contribution in [0.1, 0.15) is 87.7 Å². The number of phenols is 2. The van der Waals surface area contributed by atoms with E-state index in [0.717, 1.165) is 54.1 Å². The topological polar surface area (TPSA) is 57.8 Å². The normalized spacial score (nSPS) is 13.8. The van der Waals surface area contributed by atoms with Crippen LogP contribution in [0, 0.1) is 19.8 Å². The summed E-state index contributed by atoms with van der Waals surface area (Å²) < 4.78 is 2.43. The number of aromatic nitrogens is 1. The Labute approximate surface area is 222 Å². The molecular formula is C31H42N2O2S. The largest absolute Gasteiger partial charge is 0.508 e. The summed E-state index contributed by atoms with van der Waals surface area (Å²) in [4.78, 5) is 5.68. The van der Waals surface area contributed by atoms with E-state index >= 15 is 0 Å². The van der Waals surface area contributed by atoms with Gasteiger partial charge in [0, 0.05) is 52.3 Å². The van der Waals surface area contributed by atoms with Crippen LogP contribution >= 0.6 is 12.2 Å². The molecule has 0 aliphatic carbocycles. The van der Waals surface area contributed by atoms with E-state index in [1.807, 2.05) is 13.0 Å². The van der Waals surface area contributed by atoms with Gasteiger partial charge < -0.3 is 14.8 Å². The molecule has 4 nitrogen and oxygen atoms in total. The number of aliphatic imine (C=N–C) groups is 1. The second-order valence-corrected chi connectivity index (χ2v) is 10.4. The van der Waals surface area contributed by atoms with Gasteiger partial charge in [-0.2, -0.15) is 0 Å². The van der Waals surface area contributed by atoms with Gasteiger partial charge in [0.2, 0.25) is 0 Å². The van der Waals surface area contributed by atoms with Crippen LogP contribution in [-0.4, -0.2) is 25.5 Å². The molecule has 1 aromatic heterocycles. The smallest absolute Gasteiger partial charge is 0.123 e. The molecule has 0 bridgehead atoms. The SMILES string of the molecule is CCCn1c(C)c(C)c2cc(CC(CC)C(=S)N=C(CC)C(C)c3cc(CC)c(O)cc3O)ccc21. The number of hydrogen-bond donors (Lipinski definition) is 2. The van der Waals surface area contributed by atoms with Gasteiger partial charge in [-0.1, -0.05) is 52.9 Å². The van der Waals surface area contributed by atoms with Crippen molar-refractivity contribution < 1.29 is 10.2 Å². The third kappa shape index (κ3) is 5.67. The quantitative estimate of drug-likeness (QED) is 0.215. The molecule has 0 amide bonds. The van der Waals surface area contributed by atoms with Gasteiger partial charge in [-0.25, -0.2) is 4.99 Å². The van der Waals surface area contributed by atoms with Gasteiger partial charge in [0.15, 0.2) is 0 Å². The molecular weight excluding hydrogens is 464 g/mol. The number of benzene rings is 2. The molecule has 0 aliphatic heterocycles. The fourth-order valence-electron chi connectivity index (χ4n) is 5.19. The van der Waals surface area contributed by atoms with Crippen molar-refractivity contribution in [3.63, 3.8) is 0 Å². The first-order valence-electron chi connectivity index (χ1n) is 13.4. The highest BCUT2D eigenvalue weighted by atomic mass is 32.1. The van der Waals surface area contributed by atoms with Gasteiger partial charge in [-0.15, -0.1) is 0 Å². The Hall–Kier alpha value is -2.66. The number of phenolic OH excluding ortho intramolecular Hbond substituents is 2. The van der Waals surface area contributed by atoms with E-state index in [2.05, 4.69) is 64.3 Å². The lowest BCUT2D eigenvalue weighted by Crippen LogP contribution is -2.17. The molecule has 2 unspecified atom stereocenters. The van der Waals surface area contributed by atoms with Crippen molar-refractivity contribution in [1.82, 2.24) is 4.57 Å². The molecule has 0 radical (unpaired) electrons. The maximum absolute atomic E-state index is 10.5. The first kappa shape index (κ1) is 27.9. The van der Waals surface area contributed by atoms with Crippen LogP contribution in [0.3, 0.4) is 0 Å². The number of nitrogens with zero attached hydrogens (tertiary/aromatic N) is 2. The van der Waals surface area contributed by atoms with E-state index in [1.165, 1.54) is 33.8 Å². The van der Waals surface area contributed by atoms with Crippen LogP contribution in [0.2, 0.25) is 0 Å². The summed E-state index contributed by atoms with van der Waals surface area (Å²) in [6.07, 6.45) is 4.35. The van der Waals surface area contributed by atoms with Gasteiger partial charge in [0.25, 0.3) is 0 Å². The average molecular weight is 507 g/mol. The van der Waals surface area contributed by atoms with E-state index in [0.29, 0.717) is 6.42 Å². The van der Waals surface area contributed by atoms with E-state index < -0.39 is 0 Å². The van der Waals surface area contributed by atoms with Crippen molar-refractivity contribution >= 4 is 33.8 Å². The van der Waals surface area contributed by atoms with Crippen molar-refractivity contribution in [2.45, 2.75) is 93.0 Å². The third-order valence-electron chi connectivity index (χ3n) is 7.67. The highest BCUT2D eigenvalue weighted by Crippen LogP contribution is 2.34. The molecule has 36 heavy (non-hydrogen) atoms. The predicted molar refractivity (Wildman–Crippen MR) is 157 cm³/mol. The summed E-state index contributed by atoms with van der Waals surface area (Å²) in [5.74, 6) is 0.321. The molecule has 194 valence electrons. The van der Waals surface area contributed by atoms with E-state index in [4.69, 9.17) is 17.2 Å². The minimum absolute atomic E-state index is 0.0864. The number of aryl methyl sites for hydroxylation is 3. The van der Waals surface area contributed by atoms with Crippen LogP contribution in [0.25, 0.3) is 10.9 Å². The fourth-order valence-corrected chi connectivity index (χ4v) is 5.56. The Bertz CT molecular complexity index is 1270. The highest BCUT2D eigenvalue weighted by molar-refractivity contribution is 7.80. The maximum Gasteiger partial charge on any atom is 0.123 e. The first-order chi connectivity index (χ1) is 17.2. The molecule has 3 rings (SSSR count). The number of rotatable bonds is 10. The van der Waals surface area contributed by atoms with Crippen LogP contribution in [0.15, 0.2) is 35.3 Å². The molecule has 0 saturated carbocycles. The maximum atomic E-state index is 10.5. The van der Waals surface area contributed by atoms with E-state index in [9.17, 15) is 10.2 Å². The molecule has 2 N–H and O–H groups in total. The first-order valence-corrected chi connectivity index (χ1v) is 13.8. The van der Waals surface area contributed by atoms with E-state index in [1.54, 1.807) is 0 Å². The van der Waals surface area contributed by atoms with Gasteiger partial charge in [-0.3, -0.25) is 0 Å². The summed E-state index contributed by atoms with van der Waals surface area (Å²) in [5.41, 5.74) is 7.88. The zero-order valence-corrected chi connectivity index (χ0v) is 23.8. The number of thiocarbonyl (C=S) groups is 1. The molecule has 2 aromatic carbocycles. The molecule has 2 atom stereocenters. The Balaban J connectivity index is 1.87. The zero-order valence-electron chi connectivity index (χ0n) is 23.0. The Morgan fingerprint density at radius 3 is 2.36 bits per heavy atom. The fraction of sp³-hybridized carbons (Fsp3) is 0.484. The molecule has 5 heteroatoms. The van der Waals surface area contributed by atoms with Crippen LogP contribution in [0.4, 0.5) is 0 Å². The van der Waals surface area contributed by atoms with Crippen LogP contribution < -0.4 is 0 Å². The summed E-state index contributed by atoms with van der Waals surface area (Å²) in [5, 5.41) is 22.0. The minimum atomic E-state index is -0.0864. The lowest BCUT2D eigenvalue weighted by atomic mass is 9.91. The van der Waals surface area contributed by atoms with Crippen molar-refractivity contribution in [2.75, 3.05) is 0 Å². The van der Waals surface area contributed by atoms with Gasteiger partial charge in [-0.05, 0) is 80.8 Å². The van der Waals surface area contributed by atoms with Gasteiger partial charge in [0.1, 0.15) is 16.5 Å². The number of fused-ring (bicyclic) bond motifs is 1. The molecule has 0 saturated heterocycles. The van der Waals surface area contributed by atoms with Crippen molar-refractivity contribution in [3.8, 4) is 11.5 Å². The molecule has 0 aliphatic rings. The van der Waals surface area contributed by atoms with Crippen LogP contribution in [0.5, 0.6) is 11.5 Å². The average Bonchev–Trinajstić information content (AvgIpc) is 3.10. The minimum Gasteiger partial charge on any atom is -0.508 e. The Kier molecular flexibility index (Phi) is 9.35. The monoisotopic (exact) mass is 506 g/mol. The Morgan fingerprint density at radius 1 is 1.03 bits per heavy atom. The second kappa shape index (κ2) is 12.1. The van der Waals surface area contributed by atoms with Gasteiger partial charge in [0.05, 0.1) is 0 Å². The lowest BCUT2D eigenvalue weighted by Gasteiger charge is -2.20. The summed E-state index contributed by atoms with van der Waals surface area (Å²) in [6, 6.07) is 10.2. The molecule has 1 heterocycles. The highest BCUT2D eigenvalue weighted by Gasteiger charge is 2.21. The van der Waals surface area contributed by atoms with Crippen LogP contribution in [-0.2, 0) is 19.4 Å². The predicted octanol–water partition coefficient (Wildman–Crippen LogP) is 8.19. The standard InChI is InChI=1S/C31H42N2O2S/c1-8-14-33-21(7)19(5)25-16-22(12-13-28(25)33)15-24(10-3)31(36)32-27(11-4)20(6)26-17-23(9-2)29(34)18-30(26)35/h12-13,16-18,20,24,34-35H,8-11,14-15H2,1-7H3. The molecule has 3 aromatic rings. The van der Waals surface area contributed by atoms with Crippen molar-refractivity contribution in [2.24, 2.45) is 10.9 Å². The summed E-state index contributed by atoms with van der Waals surface area (Å²) in [6.45, 7) is 16.0. The van der Waals surface area contributed by atoms with Gasteiger partial charge >= 0.3 is 0 Å².